The molecule has 0 spiro atoms. The first-order chi connectivity index (χ1) is 11.1. The van der Waals surface area contributed by atoms with E-state index in [1.54, 1.807) is 24.3 Å². The van der Waals surface area contributed by atoms with Crippen molar-refractivity contribution < 1.29 is 9.31 Å². The van der Waals surface area contributed by atoms with Crippen LogP contribution >= 0.6 is 0 Å². The third-order valence-electron chi connectivity index (χ3n) is 4.79. The van der Waals surface area contributed by atoms with Gasteiger partial charge in [-0.05, 0) is 36.1 Å². The lowest BCUT2D eigenvalue weighted by Crippen LogP contribution is -2.29. The molecular formula is C18H15FN2O2. The highest BCUT2D eigenvalue weighted by atomic mass is 19.1. The van der Waals surface area contributed by atoms with Crippen molar-refractivity contribution in [3.05, 3.63) is 81.7 Å². The molecule has 0 radical (unpaired) electrons. The zero-order valence-corrected chi connectivity index (χ0v) is 12.3. The van der Waals surface area contributed by atoms with Crippen molar-refractivity contribution >= 4 is 11.4 Å². The molecule has 2 aliphatic rings. The third-order valence-corrected chi connectivity index (χ3v) is 4.79. The number of hydrogen-bond acceptors (Lipinski definition) is 3. The van der Waals surface area contributed by atoms with Gasteiger partial charge in [0.2, 0.25) is 0 Å². The minimum atomic E-state index is -0.339. The number of allylic oxidation sites excluding steroid dienone is 2. The van der Waals surface area contributed by atoms with Crippen LogP contribution in [-0.4, -0.2) is 4.92 Å². The number of anilines is 1. The monoisotopic (exact) mass is 310 g/mol. The predicted molar refractivity (Wildman–Crippen MR) is 85.8 cm³/mol. The molecular weight excluding hydrogens is 295 g/mol. The zero-order valence-electron chi connectivity index (χ0n) is 12.3. The summed E-state index contributed by atoms with van der Waals surface area (Å²) >= 11 is 0. The lowest BCUT2D eigenvalue weighted by atomic mass is 9.76. The number of para-hydroxylation sites is 1. The molecule has 0 bridgehead atoms. The molecule has 0 saturated heterocycles. The van der Waals surface area contributed by atoms with Gasteiger partial charge < -0.3 is 5.32 Å². The molecule has 1 aliphatic carbocycles. The topological polar surface area (TPSA) is 55.2 Å². The van der Waals surface area contributed by atoms with Crippen LogP contribution in [0, 0.1) is 21.8 Å². The molecule has 0 saturated carbocycles. The lowest BCUT2D eigenvalue weighted by molar-refractivity contribution is -0.385. The molecule has 0 fully saturated rings. The Balaban J connectivity index is 1.83. The van der Waals surface area contributed by atoms with Crippen LogP contribution in [0.1, 0.15) is 29.5 Å². The summed E-state index contributed by atoms with van der Waals surface area (Å²) in [4.78, 5) is 11.0. The molecule has 2 aromatic carbocycles. The van der Waals surface area contributed by atoms with E-state index in [1.807, 2.05) is 6.07 Å². The normalized spacial score (nSPS) is 24.7. The first-order valence-electron chi connectivity index (χ1n) is 7.61. The van der Waals surface area contributed by atoms with Gasteiger partial charge in [0.25, 0.3) is 5.69 Å². The van der Waals surface area contributed by atoms with E-state index in [0.29, 0.717) is 5.56 Å². The molecule has 1 heterocycles. The molecule has 0 unspecified atom stereocenters. The minimum absolute atomic E-state index is 0.0896. The van der Waals surface area contributed by atoms with Crippen LogP contribution in [0.5, 0.6) is 0 Å². The second-order valence-electron chi connectivity index (χ2n) is 6.02. The fourth-order valence-electron chi connectivity index (χ4n) is 3.79. The van der Waals surface area contributed by atoms with Gasteiger partial charge in [0.1, 0.15) is 5.82 Å². The quantitative estimate of drug-likeness (QED) is 0.502. The number of rotatable bonds is 2. The van der Waals surface area contributed by atoms with Gasteiger partial charge in [-0.15, -0.1) is 0 Å². The zero-order chi connectivity index (χ0) is 16.0. The molecule has 3 atom stereocenters. The van der Waals surface area contributed by atoms with Gasteiger partial charge in [-0.2, -0.15) is 0 Å². The highest BCUT2D eigenvalue weighted by Crippen LogP contribution is 2.51. The van der Waals surface area contributed by atoms with Gasteiger partial charge in [0, 0.05) is 17.7 Å². The van der Waals surface area contributed by atoms with E-state index in [9.17, 15) is 14.5 Å². The summed E-state index contributed by atoms with van der Waals surface area (Å²) in [5.41, 5.74) is 2.59. The van der Waals surface area contributed by atoms with Crippen molar-refractivity contribution in [2.75, 3.05) is 5.32 Å². The number of nitrogens with one attached hydrogen (secondary N) is 1. The van der Waals surface area contributed by atoms with E-state index in [4.69, 9.17) is 0 Å². The SMILES string of the molecule is O=[N+]([O-])c1ccccc1[C@@H]1Nc2ccc(F)cc2[C@H]2C=CC[C@@H]21. The number of nitro benzene ring substituents is 1. The molecule has 4 rings (SSSR count). The average Bonchev–Trinajstić information content (AvgIpc) is 3.04. The Bertz CT molecular complexity index is 818. The Kier molecular flexibility index (Phi) is 3.15. The Morgan fingerprint density at radius 1 is 1.17 bits per heavy atom. The fourth-order valence-corrected chi connectivity index (χ4v) is 3.79. The van der Waals surface area contributed by atoms with Crippen molar-refractivity contribution in [3.8, 4) is 0 Å². The number of halogens is 1. The molecule has 5 heteroatoms. The number of nitro groups is 1. The maximum Gasteiger partial charge on any atom is 0.274 e. The summed E-state index contributed by atoms with van der Waals surface area (Å²) in [6, 6.07) is 11.4. The van der Waals surface area contributed by atoms with Crippen LogP contribution in [0.4, 0.5) is 15.8 Å². The highest BCUT2D eigenvalue weighted by Gasteiger charge is 2.40. The van der Waals surface area contributed by atoms with Gasteiger partial charge in [-0.3, -0.25) is 10.1 Å². The Hall–Kier alpha value is -2.69. The van der Waals surface area contributed by atoms with Gasteiger partial charge in [-0.25, -0.2) is 4.39 Å². The second kappa shape index (κ2) is 5.19. The van der Waals surface area contributed by atoms with Crippen LogP contribution in [0.25, 0.3) is 0 Å². The van der Waals surface area contributed by atoms with Crippen LogP contribution in [0.2, 0.25) is 0 Å². The molecule has 2 aromatic rings. The highest BCUT2D eigenvalue weighted by molar-refractivity contribution is 5.61. The summed E-state index contributed by atoms with van der Waals surface area (Å²) in [7, 11) is 0. The standard InChI is InChI=1S/C18H15FN2O2/c19-11-8-9-16-15(10-11)12-5-3-6-13(12)18(20-16)14-4-1-2-7-17(14)21(22)23/h1-5,7-10,12-13,18,20H,6H2/t12-,13-,18+/m0/s1. The van der Waals surface area contributed by atoms with Crippen LogP contribution in [0.3, 0.4) is 0 Å². The summed E-state index contributed by atoms with van der Waals surface area (Å²) < 4.78 is 13.6. The Morgan fingerprint density at radius 2 is 2.00 bits per heavy atom. The molecule has 1 aliphatic heterocycles. The average molecular weight is 310 g/mol. The van der Waals surface area contributed by atoms with Crippen LogP contribution in [-0.2, 0) is 0 Å². The Labute approximate surface area is 132 Å². The maximum absolute atomic E-state index is 13.6. The molecule has 0 amide bonds. The van der Waals surface area contributed by atoms with Crippen LogP contribution in [0.15, 0.2) is 54.6 Å². The summed E-state index contributed by atoms with van der Waals surface area (Å²) in [6.07, 6.45) is 4.99. The fraction of sp³-hybridized carbons (Fsp3) is 0.222. The first kappa shape index (κ1) is 13.9. The van der Waals surface area contributed by atoms with E-state index in [1.165, 1.54) is 12.1 Å². The van der Waals surface area contributed by atoms with E-state index in [-0.39, 0.29) is 34.3 Å². The smallest absolute Gasteiger partial charge is 0.274 e. The van der Waals surface area contributed by atoms with E-state index < -0.39 is 0 Å². The molecule has 4 nitrogen and oxygen atoms in total. The van der Waals surface area contributed by atoms with E-state index in [0.717, 1.165) is 17.7 Å². The molecule has 116 valence electrons. The first-order valence-corrected chi connectivity index (χ1v) is 7.61. The molecule has 1 N–H and O–H groups in total. The van der Waals surface area contributed by atoms with Gasteiger partial charge >= 0.3 is 0 Å². The van der Waals surface area contributed by atoms with Gasteiger partial charge in [0.05, 0.1) is 16.5 Å². The number of fused-ring (bicyclic) bond motifs is 3. The summed E-state index contributed by atoms with van der Waals surface area (Å²) in [5.74, 6) is -0.00842. The molecule has 0 aromatic heterocycles. The third kappa shape index (κ3) is 2.20. The van der Waals surface area contributed by atoms with Crippen molar-refractivity contribution in [1.82, 2.24) is 0 Å². The largest absolute Gasteiger partial charge is 0.377 e. The van der Waals surface area contributed by atoms with Crippen molar-refractivity contribution in [1.29, 1.82) is 0 Å². The number of benzene rings is 2. The van der Waals surface area contributed by atoms with Gasteiger partial charge in [0.15, 0.2) is 0 Å². The van der Waals surface area contributed by atoms with Crippen LogP contribution < -0.4 is 5.32 Å². The van der Waals surface area contributed by atoms with E-state index >= 15 is 0 Å². The maximum atomic E-state index is 13.6. The predicted octanol–water partition coefficient (Wildman–Crippen LogP) is 4.56. The summed E-state index contributed by atoms with van der Waals surface area (Å²) in [5, 5.41) is 14.8. The van der Waals surface area contributed by atoms with Crippen molar-refractivity contribution in [3.63, 3.8) is 0 Å². The Morgan fingerprint density at radius 3 is 2.83 bits per heavy atom. The number of hydrogen-bond donors (Lipinski definition) is 1. The van der Waals surface area contributed by atoms with Crippen molar-refractivity contribution in [2.45, 2.75) is 18.4 Å². The second-order valence-corrected chi connectivity index (χ2v) is 6.02. The minimum Gasteiger partial charge on any atom is -0.377 e. The lowest BCUT2D eigenvalue weighted by Gasteiger charge is -2.37. The molecule has 23 heavy (non-hydrogen) atoms. The summed E-state index contributed by atoms with van der Waals surface area (Å²) in [6.45, 7) is 0. The van der Waals surface area contributed by atoms with Gasteiger partial charge in [-0.1, -0.05) is 30.4 Å². The number of nitrogens with zero attached hydrogens (tertiary/aromatic N) is 1. The van der Waals surface area contributed by atoms with E-state index in [2.05, 4.69) is 17.5 Å². The van der Waals surface area contributed by atoms with Crippen molar-refractivity contribution in [2.24, 2.45) is 5.92 Å².